The van der Waals surface area contributed by atoms with Gasteiger partial charge in [-0.3, -0.25) is 14.9 Å². The minimum absolute atomic E-state index is 0.0903. The van der Waals surface area contributed by atoms with E-state index in [1.165, 1.54) is 4.90 Å². The van der Waals surface area contributed by atoms with Crippen molar-refractivity contribution in [2.24, 2.45) is 10.8 Å². The number of amides is 4. The van der Waals surface area contributed by atoms with Gasteiger partial charge in [-0.15, -0.1) is 0 Å². The molecule has 2 aromatic carbocycles. The monoisotopic (exact) mass is 447 g/mol. The van der Waals surface area contributed by atoms with E-state index in [9.17, 15) is 14.4 Å². The third-order valence-electron chi connectivity index (χ3n) is 6.90. The molecule has 1 aliphatic carbocycles. The first-order valence-electron chi connectivity index (χ1n) is 11.6. The Labute approximate surface area is 196 Å². The summed E-state index contributed by atoms with van der Waals surface area (Å²) in [6.45, 7) is 8.07. The Morgan fingerprint density at radius 1 is 0.970 bits per heavy atom. The molecule has 1 heterocycles. The van der Waals surface area contributed by atoms with Gasteiger partial charge in [0.1, 0.15) is 0 Å². The van der Waals surface area contributed by atoms with Gasteiger partial charge in [0.05, 0.1) is 0 Å². The van der Waals surface area contributed by atoms with Crippen molar-refractivity contribution in [2.75, 3.05) is 13.6 Å². The van der Waals surface area contributed by atoms with Crippen LogP contribution in [0.4, 0.5) is 4.79 Å². The number of hydrogen-bond donors (Lipinski definition) is 1. The molecule has 2 fully saturated rings. The zero-order chi connectivity index (χ0) is 23.8. The van der Waals surface area contributed by atoms with Crippen LogP contribution in [0.1, 0.15) is 66.3 Å². The molecule has 2 unspecified atom stereocenters. The highest BCUT2D eigenvalue weighted by Gasteiger charge is 2.51. The maximum atomic E-state index is 13.3. The van der Waals surface area contributed by atoms with Gasteiger partial charge < -0.3 is 9.80 Å². The summed E-state index contributed by atoms with van der Waals surface area (Å²) in [5, 5.41) is 2.40. The number of imide groups is 1. The van der Waals surface area contributed by atoms with Crippen LogP contribution in [0.5, 0.6) is 0 Å². The summed E-state index contributed by atoms with van der Waals surface area (Å²) in [5.41, 5.74) is 2.48. The van der Waals surface area contributed by atoms with E-state index >= 15 is 0 Å². The van der Waals surface area contributed by atoms with E-state index in [4.69, 9.17) is 0 Å². The van der Waals surface area contributed by atoms with Gasteiger partial charge in [0.25, 0.3) is 11.8 Å². The number of carbonyl (C=O) groups is 3. The van der Waals surface area contributed by atoms with Crippen molar-refractivity contribution in [3.8, 4) is 0 Å². The van der Waals surface area contributed by atoms with Gasteiger partial charge in [-0.1, -0.05) is 51.1 Å². The Balaban J connectivity index is 1.36. The van der Waals surface area contributed by atoms with Gasteiger partial charge >= 0.3 is 6.03 Å². The molecule has 0 aromatic heterocycles. The average Bonchev–Trinajstić information content (AvgIpc) is 3.02. The second-order valence-corrected chi connectivity index (χ2v) is 10.8. The van der Waals surface area contributed by atoms with Crippen molar-refractivity contribution in [1.29, 1.82) is 0 Å². The summed E-state index contributed by atoms with van der Waals surface area (Å²) in [5.74, 6) is -0.339. The van der Waals surface area contributed by atoms with E-state index < -0.39 is 11.9 Å². The maximum Gasteiger partial charge on any atom is 0.324 e. The van der Waals surface area contributed by atoms with Crippen molar-refractivity contribution in [1.82, 2.24) is 15.1 Å². The van der Waals surface area contributed by atoms with Gasteiger partial charge in [-0.25, -0.2) is 4.79 Å². The lowest BCUT2D eigenvalue weighted by Crippen LogP contribution is -2.40. The zero-order valence-electron chi connectivity index (χ0n) is 19.9. The molecule has 1 saturated carbocycles. The predicted molar refractivity (Wildman–Crippen MR) is 128 cm³/mol. The number of urea groups is 1. The van der Waals surface area contributed by atoms with Crippen LogP contribution in [-0.4, -0.2) is 47.3 Å². The molecule has 33 heavy (non-hydrogen) atoms. The zero-order valence-corrected chi connectivity index (χ0v) is 19.9. The fourth-order valence-corrected chi connectivity index (χ4v) is 5.82. The lowest BCUT2D eigenvalue weighted by atomic mass is 9.65. The van der Waals surface area contributed by atoms with Crippen LogP contribution in [0.3, 0.4) is 0 Å². The number of likely N-dealkylation sites (tertiary alicyclic amines) is 1. The largest absolute Gasteiger partial charge is 0.335 e. The fourth-order valence-electron chi connectivity index (χ4n) is 5.82. The molecule has 1 saturated heterocycles. The van der Waals surface area contributed by atoms with Gasteiger partial charge in [0.15, 0.2) is 0 Å². The van der Waals surface area contributed by atoms with Gasteiger partial charge in [-0.05, 0) is 59.9 Å². The number of nitrogens with zero attached hydrogens (tertiary/aromatic N) is 2. The highest BCUT2D eigenvalue weighted by atomic mass is 16.2. The average molecular weight is 448 g/mol. The SMILES string of the molecule is CN(Cc1ccc(C(=O)N2CC3(C)CC2CC(C)(C)C3)cc1)C(=O)NC(=O)c1ccccc1. The molecular formula is C27H33N3O3. The van der Waals surface area contributed by atoms with E-state index in [0.29, 0.717) is 23.7 Å². The summed E-state index contributed by atoms with van der Waals surface area (Å²) < 4.78 is 0. The smallest absolute Gasteiger partial charge is 0.324 e. The minimum Gasteiger partial charge on any atom is -0.335 e. The van der Waals surface area contributed by atoms with Crippen molar-refractivity contribution in [3.63, 3.8) is 0 Å². The number of nitrogens with one attached hydrogen (secondary N) is 1. The summed E-state index contributed by atoms with van der Waals surface area (Å²) in [4.78, 5) is 41.4. The molecule has 0 spiro atoms. The molecule has 6 nitrogen and oxygen atoms in total. The summed E-state index contributed by atoms with van der Waals surface area (Å²) >= 11 is 0. The molecule has 0 radical (unpaired) electrons. The van der Waals surface area contributed by atoms with E-state index in [1.807, 2.05) is 30.3 Å². The van der Waals surface area contributed by atoms with E-state index in [0.717, 1.165) is 31.4 Å². The van der Waals surface area contributed by atoms with Gasteiger partial charge in [-0.2, -0.15) is 0 Å². The van der Waals surface area contributed by atoms with Crippen LogP contribution in [0.2, 0.25) is 0 Å². The second-order valence-electron chi connectivity index (χ2n) is 10.8. The number of fused-ring (bicyclic) bond motifs is 2. The van der Waals surface area contributed by atoms with E-state index in [2.05, 4.69) is 31.0 Å². The highest BCUT2D eigenvalue weighted by molar-refractivity contribution is 6.04. The number of carbonyl (C=O) groups excluding carboxylic acids is 3. The number of hydrogen-bond acceptors (Lipinski definition) is 3. The predicted octanol–water partition coefficient (Wildman–Crippen LogP) is 4.71. The van der Waals surface area contributed by atoms with Crippen LogP contribution in [0, 0.1) is 10.8 Å². The van der Waals surface area contributed by atoms with Crippen molar-refractivity contribution in [2.45, 2.75) is 52.6 Å². The summed E-state index contributed by atoms with van der Waals surface area (Å²) in [6, 6.07) is 15.9. The molecular weight excluding hydrogens is 414 g/mol. The molecule has 2 aliphatic rings. The number of rotatable bonds is 4. The maximum absolute atomic E-state index is 13.3. The molecule has 6 heteroatoms. The molecule has 4 rings (SSSR count). The molecule has 1 aliphatic heterocycles. The first-order valence-corrected chi connectivity index (χ1v) is 11.6. The van der Waals surface area contributed by atoms with Crippen LogP contribution in [0.25, 0.3) is 0 Å². The van der Waals surface area contributed by atoms with Crippen molar-refractivity contribution >= 4 is 17.8 Å². The Hall–Kier alpha value is -3.15. The normalized spacial score (nSPS) is 23.2. The van der Waals surface area contributed by atoms with Crippen LogP contribution >= 0.6 is 0 Å². The van der Waals surface area contributed by atoms with E-state index in [-0.39, 0.29) is 16.7 Å². The minimum atomic E-state index is -0.468. The molecule has 2 atom stereocenters. The quantitative estimate of drug-likeness (QED) is 0.738. The fraction of sp³-hybridized carbons (Fsp3) is 0.444. The van der Waals surface area contributed by atoms with Crippen molar-refractivity contribution in [3.05, 3.63) is 71.3 Å². The van der Waals surface area contributed by atoms with E-state index in [1.54, 1.807) is 31.3 Å². The first-order chi connectivity index (χ1) is 15.6. The topological polar surface area (TPSA) is 69.7 Å². The highest BCUT2D eigenvalue weighted by Crippen LogP contribution is 2.52. The van der Waals surface area contributed by atoms with Crippen LogP contribution < -0.4 is 5.32 Å². The Morgan fingerprint density at radius 2 is 1.64 bits per heavy atom. The first kappa shape index (κ1) is 23.0. The Kier molecular flexibility index (Phi) is 6.04. The third-order valence-corrected chi connectivity index (χ3v) is 6.90. The van der Waals surface area contributed by atoms with Crippen LogP contribution in [-0.2, 0) is 6.54 Å². The van der Waals surface area contributed by atoms with Crippen LogP contribution in [0.15, 0.2) is 54.6 Å². The molecule has 174 valence electrons. The summed E-state index contributed by atoms with van der Waals surface area (Å²) in [6.07, 6.45) is 3.29. The van der Waals surface area contributed by atoms with Gasteiger partial charge in [0.2, 0.25) is 0 Å². The third kappa shape index (κ3) is 5.10. The molecule has 2 aromatic rings. The van der Waals surface area contributed by atoms with Crippen molar-refractivity contribution < 1.29 is 14.4 Å². The molecule has 2 bridgehead atoms. The Bertz CT molecular complexity index is 1050. The summed E-state index contributed by atoms with van der Waals surface area (Å²) in [7, 11) is 1.64. The van der Waals surface area contributed by atoms with Gasteiger partial charge in [0, 0.05) is 37.3 Å². The lowest BCUT2D eigenvalue weighted by Gasteiger charge is -2.39. The second kappa shape index (κ2) is 8.65. The molecule has 4 amide bonds. The number of benzene rings is 2. The lowest BCUT2D eigenvalue weighted by molar-refractivity contribution is 0.0707. The molecule has 1 N–H and O–H groups in total. The Morgan fingerprint density at radius 3 is 2.30 bits per heavy atom. The standard InChI is InChI=1S/C27H33N3O3/c1-26(2)14-22-15-27(3,17-26)18-30(22)24(32)21-12-10-19(11-13-21)16-29(4)25(33)28-23(31)20-8-6-5-7-9-20/h5-13,22H,14-18H2,1-4H3,(H,28,31,33).